The van der Waals surface area contributed by atoms with Gasteiger partial charge < -0.3 is 24.3 Å². The Morgan fingerprint density at radius 1 is 1.00 bits per heavy atom. The molecule has 2 saturated heterocycles. The van der Waals surface area contributed by atoms with E-state index in [4.69, 9.17) is 9.15 Å². The van der Waals surface area contributed by atoms with Gasteiger partial charge in [0.1, 0.15) is 23.3 Å². The summed E-state index contributed by atoms with van der Waals surface area (Å²) < 4.78 is 35.1. The van der Waals surface area contributed by atoms with Crippen LogP contribution in [0.3, 0.4) is 0 Å². The second kappa shape index (κ2) is 12.3. The Labute approximate surface area is 235 Å². The van der Waals surface area contributed by atoms with Crippen molar-refractivity contribution in [1.82, 2.24) is 15.3 Å². The Bertz CT molecular complexity index is 1400. The van der Waals surface area contributed by atoms with Crippen molar-refractivity contribution >= 4 is 27.4 Å². The fourth-order valence-electron chi connectivity index (χ4n) is 5.30. The maximum Gasteiger partial charge on any atom is 0.225 e. The largest absolute Gasteiger partial charge is 0.497 e. The zero-order valence-electron chi connectivity index (χ0n) is 23.1. The van der Waals surface area contributed by atoms with Crippen molar-refractivity contribution in [2.45, 2.75) is 45.1 Å². The van der Waals surface area contributed by atoms with Crippen LogP contribution >= 0.6 is 0 Å². The van der Waals surface area contributed by atoms with Gasteiger partial charge in [0.05, 0.1) is 25.0 Å². The molecule has 1 atom stereocenters. The molecule has 3 aromatic rings. The SMILES string of the molecule is COc1ccc(C(NC(=O)Cc2cnc(N3CCS(=O)(=O)CC3)nc2)c2ccc(C)o2)c(N2CCCCCC2)c1. The van der Waals surface area contributed by atoms with Crippen molar-refractivity contribution in [3.8, 4) is 5.75 Å². The monoisotopic (exact) mass is 567 g/mol. The Morgan fingerprint density at radius 3 is 2.33 bits per heavy atom. The second-order valence-corrected chi connectivity index (χ2v) is 12.8. The first-order valence-corrected chi connectivity index (χ1v) is 15.7. The van der Waals surface area contributed by atoms with E-state index in [0.717, 1.165) is 48.7 Å². The third kappa shape index (κ3) is 6.75. The molecule has 1 N–H and O–H groups in total. The number of benzene rings is 1. The number of sulfone groups is 1. The van der Waals surface area contributed by atoms with Gasteiger partial charge in [0, 0.05) is 55.9 Å². The first-order valence-electron chi connectivity index (χ1n) is 13.9. The van der Waals surface area contributed by atoms with E-state index in [0.29, 0.717) is 30.4 Å². The quantitative estimate of drug-likeness (QED) is 0.437. The Morgan fingerprint density at radius 2 is 1.70 bits per heavy atom. The first-order chi connectivity index (χ1) is 19.3. The summed E-state index contributed by atoms with van der Waals surface area (Å²) in [7, 11) is -1.32. The summed E-state index contributed by atoms with van der Waals surface area (Å²) >= 11 is 0. The van der Waals surface area contributed by atoms with E-state index in [1.165, 1.54) is 12.8 Å². The van der Waals surface area contributed by atoms with Crippen LogP contribution in [0, 0.1) is 6.92 Å². The highest BCUT2D eigenvalue weighted by atomic mass is 32.2. The van der Waals surface area contributed by atoms with Crippen molar-refractivity contribution in [3.05, 3.63) is 65.4 Å². The van der Waals surface area contributed by atoms with Crippen molar-refractivity contribution in [3.63, 3.8) is 0 Å². The van der Waals surface area contributed by atoms with Crippen LogP contribution < -0.4 is 19.9 Å². The molecule has 0 bridgehead atoms. The van der Waals surface area contributed by atoms with Gasteiger partial charge in [-0.15, -0.1) is 0 Å². The van der Waals surface area contributed by atoms with E-state index in [9.17, 15) is 13.2 Å². The predicted molar refractivity (Wildman–Crippen MR) is 154 cm³/mol. The van der Waals surface area contributed by atoms with Crippen LogP contribution in [-0.4, -0.2) is 69.1 Å². The zero-order valence-corrected chi connectivity index (χ0v) is 24.0. The highest BCUT2D eigenvalue weighted by Crippen LogP contribution is 2.36. The maximum atomic E-state index is 13.4. The average molecular weight is 568 g/mol. The topological polar surface area (TPSA) is 118 Å². The van der Waals surface area contributed by atoms with E-state index in [-0.39, 0.29) is 23.8 Å². The summed E-state index contributed by atoms with van der Waals surface area (Å²) in [5, 5.41) is 3.20. The van der Waals surface area contributed by atoms with E-state index in [2.05, 4.69) is 20.2 Å². The number of hydrogen-bond donors (Lipinski definition) is 1. The summed E-state index contributed by atoms with van der Waals surface area (Å²) in [6, 6.07) is 9.31. The van der Waals surface area contributed by atoms with Crippen molar-refractivity contribution in [2.75, 3.05) is 54.6 Å². The molecule has 1 aromatic carbocycles. The average Bonchev–Trinajstić information content (AvgIpc) is 3.20. The maximum absolute atomic E-state index is 13.4. The molecular weight excluding hydrogens is 530 g/mol. The molecule has 2 aromatic heterocycles. The first kappa shape index (κ1) is 27.9. The van der Waals surface area contributed by atoms with E-state index in [1.807, 2.05) is 42.2 Å². The van der Waals surface area contributed by atoms with Crippen molar-refractivity contribution < 1.29 is 22.4 Å². The Balaban J connectivity index is 1.36. The number of ether oxygens (including phenoxy) is 1. The molecule has 5 rings (SSSR count). The van der Waals surface area contributed by atoms with Crippen molar-refractivity contribution in [2.24, 2.45) is 0 Å². The van der Waals surface area contributed by atoms with Gasteiger partial charge in [-0.05, 0) is 43.5 Å². The number of nitrogens with one attached hydrogen (secondary N) is 1. The van der Waals surface area contributed by atoms with Gasteiger partial charge in [-0.2, -0.15) is 0 Å². The summed E-state index contributed by atoms with van der Waals surface area (Å²) in [6.07, 6.45) is 8.03. The van der Waals surface area contributed by atoms with Gasteiger partial charge in [-0.1, -0.05) is 18.9 Å². The highest BCUT2D eigenvalue weighted by molar-refractivity contribution is 7.91. The second-order valence-electron chi connectivity index (χ2n) is 10.5. The highest BCUT2D eigenvalue weighted by Gasteiger charge is 2.27. The van der Waals surface area contributed by atoms with E-state index in [1.54, 1.807) is 19.5 Å². The Kier molecular flexibility index (Phi) is 8.58. The summed E-state index contributed by atoms with van der Waals surface area (Å²) in [5.74, 6) is 2.69. The number of hydrogen-bond acceptors (Lipinski definition) is 9. The molecule has 2 fully saturated rings. The van der Waals surface area contributed by atoms with Gasteiger partial charge in [0.2, 0.25) is 11.9 Å². The number of furan rings is 1. The molecule has 2 aliphatic heterocycles. The summed E-state index contributed by atoms with van der Waals surface area (Å²) in [5.41, 5.74) is 2.66. The normalized spacial score (nSPS) is 18.1. The molecular formula is C29H37N5O5S. The van der Waals surface area contributed by atoms with Gasteiger partial charge >= 0.3 is 0 Å². The van der Waals surface area contributed by atoms with E-state index >= 15 is 0 Å². The van der Waals surface area contributed by atoms with Crippen LogP contribution in [0.15, 0.2) is 47.1 Å². The number of aromatic nitrogens is 2. The minimum Gasteiger partial charge on any atom is -0.497 e. The fourth-order valence-corrected chi connectivity index (χ4v) is 6.50. The minimum atomic E-state index is -2.99. The number of anilines is 2. The van der Waals surface area contributed by atoms with Gasteiger partial charge in [0.15, 0.2) is 9.84 Å². The van der Waals surface area contributed by atoms with Gasteiger partial charge in [-0.3, -0.25) is 4.79 Å². The molecule has 10 nitrogen and oxygen atoms in total. The molecule has 4 heterocycles. The predicted octanol–water partition coefficient (Wildman–Crippen LogP) is 3.45. The molecule has 0 spiro atoms. The standard InChI is InChI=1S/C29H37N5O5S/c1-21-7-10-26(39-21)28(24-9-8-23(38-2)18-25(24)33-11-5-3-4-6-12-33)32-27(35)17-22-19-30-29(31-20-22)34-13-15-40(36,37)16-14-34/h7-10,18-20,28H,3-6,11-17H2,1-2H3,(H,32,35). The Hall–Kier alpha value is -3.60. The molecule has 2 aliphatic rings. The number of amides is 1. The number of nitrogens with zero attached hydrogens (tertiary/aromatic N) is 4. The zero-order chi connectivity index (χ0) is 28.1. The summed E-state index contributed by atoms with van der Waals surface area (Å²) in [6.45, 7) is 4.53. The number of carbonyl (C=O) groups is 1. The molecule has 214 valence electrons. The molecule has 0 radical (unpaired) electrons. The minimum absolute atomic E-state index is 0.0962. The number of methoxy groups -OCH3 is 1. The third-order valence-electron chi connectivity index (χ3n) is 7.53. The number of carbonyl (C=O) groups excluding carboxylic acids is 1. The molecule has 0 aliphatic carbocycles. The molecule has 11 heteroatoms. The van der Waals surface area contributed by atoms with Gasteiger partial charge in [0.25, 0.3) is 0 Å². The smallest absolute Gasteiger partial charge is 0.225 e. The molecule has 0 saturated carbocycles. The lowest BCUT2D eigenvalue weighted by Crippen LogP contribution is -2.41. The van der Waals surface area contributed by atoms with Gasteiger partial charge in [-0.25, -0.2) is 18.4 Å². The van der Waals surface area contributed by atoms with Crippen LogP contribution in [0.2, 0.25) is 0 Å². The lowest BCUT2D eigenvalue weighted by atomic mass is 10.00. The van der Waals surface area contributed by atoms with Crippen LogP contribution in [0.25, 0.3) is 0 Å². The number of rotatable bonds is 8. The molecule has 1 amide bonds. The van der Waals surface area contributed by atoms with Crippen LogP contribution in [0.4, 0.5) is 11.6 Å². The lowest BCUT2D eigenvalue weighted by molar-refractivity contribution is -0.121. The lowest BCUT2D eigenvalue weighted by Gasteiger charge is -2.29. The van der Waals surface area contributed by atoms with E-state index < -0.39 is 15.9 Å². The third-order valence-corrected chi connectivity index (χ3v) is 9.14. The summed E-state index contributed by atoms with van der Waals surface area (Å²) in [4.78, 5) is 26.4. The molecule has 40 heavy (non-hydrogen) atoms. The van der Waals surface area contributed by atoms with Crippen LogP contribution in [0.5, 0.6) is 5.75 Å². The molecule has 1 unspecified atom stereocenters. The van der Waals surface area contributed by atoms with Crippen LogP contribution in [-0.2, 0) is 21.1 Å². The van der Waals surface area contributed by atoms with Crippen molar-refractivity contribution in [1.29, 1.82) is 0 Å². The van der Waals surface area contributed by atoms with Crippen LogP contribution in [0.1, 0.15) is 54.4 Å². The fraction of sp³-hybridized carbons (Fsp3) is 0.483. The number of aryl methyl sites for hydroxylation is 1.